The van der Waals surface area contributed by atoms with Crippen molar-refractivity contribution < 1.29 is 0 Å². The Balaban J connectivity index is 2.32. The maximum Gasteiger partial charge on any atom is 0.133 e. The summed E-state index contributed by atoms with van der Waals surface area (Å²) < 4.78 is 0. The summed E-state index contributed by atoms with van der Waals surface area (Å²) >= 11 is 0. The van der Waals surface area contributed by atoms with Crippen LogP contribution in [0.4, 0.5) is 5.82 Å². The van der Waals surface area contributed by atoms with Crippen LogP contribution >= 0.6 is 0 Å². The van der Waals surface area contributed by atoms with E-state index >= 15 is 0 Å². The van der Waals surface area contributed by atoms with Crippen molar-refractivity contribution in [1.82, 2.24) is 4.98 Å². The highest BCUT2D eigenvalue weighted by atomic mass is 15.2. The van der Waals surface area contributed by atoms with Gasteiger partial charge in [0.25, 0.3) is 0 Å². The topological polar surface area (TPSA) is 42.2 Å². The molecule has 0 spiro atoms. The van der Waals surface area contributed by atoms with E-state index in [0.717, 1.165) is 23.8 Å². The Morgan fingerprint density at radius 1 is 1.47 bits per heavy atom. The lowest BCUT2D eigenvalue weighted by molar-refractivity contribution is 0.360. The summed E-state index contributed by atoms with van der Waals surface area (Å²) in [6.07, 6.45) is 4.44. The van der Waals surface area contributed by atoms with Gasteiger partial charge in [-0.05, 0) is 38.7 Å². The van der Waals surface area contributed by atoms with Gasteiger partial charge < -0.3 is 10.6 Å². The second kappa shape index (κ2) is 5.05. The highest BCUT2D eigenvalue weighted by molar-refractivity contribution is 5.49. The predicted molar refractivity (Wildman–Crippen MR) is 72.0 cm³/mol. The maximum atomic E-state index is 6.03. The van der Waals surface area contributed by atoms with Crippen molar-refractivity contribution in [3.8, 4) is 0 Å². The SMILES string of the molecule is CC1CCCN(c2ncccc2[C@@H](C)N)C1C. The molecule has 0 amide bonds. The number of hydrogen-bond donors (Lipinski definition) is 1. The number of anilines is 1. The average Bonchev–Trinajstić information content (AvgIpc) is 2.33. The first kappa shape index (κ1) is 12.4. The minimum absolute atomic E-state index is 0.0446. The van der Waals surface area contributed by atoms with Crippen LogP contribution in [0.2, 0.25) is 0 Å². The Labute approximate surface area is 104 Å². The zero-order valence-electron chi connectivity index (χ0n) is 11.1. The first-order valence-electron chi connectivity index (χ1n) is 6.58. The van der Waals surface area contributed by atoms with E-state index in [1.807, 2.05) is 19.2 Å². The van der Waals surface area contributed by atoms with Crippen molar-refractivity contribution in [1.29, 1.82) is 0 Å². The molecule has 0 aliphatic carbocycles. The third-order valence-electron chi connectivity index (χ3n) is 3.95. The number of piperidine rings is 1. The van der Waals surface area contributed by atoms with Gasteiger partial charge >= 0.3 is 0 Å². The van der Waals surface area contributed by atoms with Gasteiger partial charge in [-0.3, -0.25) is 0 Å². The van der Waals surface area contributed by atoms with E-state index in [9.17, 15) is 0 Å². The van der Waals surface area contributed by atoms with Crippen molar-refractivity contribution in [3.05, 3.63) is 23.9 Å². The molecule has 3 nitrogen and oxygen atoms in total. The first-order chi connectivity index (χ1) is 8.11. The smallest absolute Gasteiger partial charge is 0.133 e. The number of pyridine rings is 1. The van der Waals surface area contributed by atoms with Gasteiger partial charge in [-0.25, -0.2) is 4.98 Å². The number of rotatable bonds is 2. The highest BCUT2D eigenvalue weighted by Crippen LogP contribution is 2.30. The number of nitrogens with two attached hydrogens (primary N) is 1. The van der Waals surface area contributed by atoms with Crippen LogP contribution in [0, 0.1) is 5.92 Å². The van der Waals surface area contributed by atoms with Crippen LogP contribution in [0.5, 0.6) is 0 Å². The molecule has 1 saturated heterocycles. The van der Waals surface area contributed by atoms with Crippen molar-refractivity contribution in [2.24, 2.45) is 11.7 Å². The summed E-state index contributed by atoms with van der Waals surface area (Å²) in [5.41, 5.74) is 7.20. The van der Waals surface area contributed by atoms with Crippen LogP contribution < -0.4 is 10.6 Å². The second-order valence-electron chi connectivity index (χ2n) is 5.26. The fourth-order valence-electron chi connectivity index (χ4n) is 2.64. The van der Waals surface area contributed by atoms with Gasteiger partial charge in [0.15, 0.2) is 0 Å². The summed E-state index contributed by atoms with van der Waals surface area (Å²) in [6, 6.07) is 4.67. The number of nitrogens with zero attached hydrogens (tertiary/aromatic N) is 2. The third-order valence-corrected chi connectivity index (χ3v) is 3.95. The van der Waals surface area contributed by atoms with Crippen molar-refractivity contribution >= 4 is 5.82 Å². The van der Waals surface area contributed by atoms with E-state index in [1.54, 1.807) is 0 Å². The molecular formula is C14H23N3. The monoisotopic (exact) mass is 233 g/mol. The molecule has 1 aromatic rings. The molecule has 1 aliphatic rings. The van der Waals surface area contributed by atoms with E-state index in [2.05, 4.69) is 29.8 Å². The van der Waals surface area contributed by atoms with Gasteiger partial charge in [0.1, 0.15) is 5.82 Å². The van der Waals surface area contributed by atoms with Gasteiger partial charge in [0, 0.05) is 30.4 Å². The second-order valence-corrected chi connectivity index (χ2v) is 5.26. The molecule has 94 valence electrons. The largest absolute Gasteiger partial charge is 0.353 e. The van der Waals surface area contributed by atoms with Crippen molar-refractivity contribution in [2.45, 2.75) is 45.7 Å². The molecule has 17 heavy (non-hydrogen) atoms. The molecule has 2 unspecified atom stereocenters. The molecular weight excluding hydrogens is 210 g/mol. The van der Waals surface area contributed by atoms with Crippen LogP contribution in [-0.4, -0.2) is 17.6 Å². The predicted octanol–water partition coefficient (Wildman–Crippen LogP) is 2.73. The van der Waals surface area contributed by atoms with E-state index in [0.29, 0.717) is 6.04 Å². The Kier molecular flexibility index (Phi) is 3.67. The standard InChI is InChI=1S/C14H23N3/c1-10-6-5-9-17(12(10)3)14-13(11(2)15)7-4-8-16-14/h4,7-8,10-12H,5-6,9,15H2,1-3H3/t10?,11-,12?/m1/s1. The Morgan fingerprint density at radius 2 is 2.24 bits per heavy atom. The van der Waals surface area contributed by atoms with E-state index in [4.69, 9.17) is 5.73 Å². The quantitative estimate of drug-likeness (QED) is 0.854. The molecule has 2 heterocycles. The lowest BCUT2D eigenvalue weighted by Gasteiger charge is -2.40. The van der Waals surface area contributed by atoms with Crippen LogP contribution in [0.3, 0.4) is 0 Å². The molecule has 0 aromatic carbocycles. The van der Waals surface area contributed by atoms with Crippen LogP contribution in [0.15, 0.2) is 18.3 Å². The lowest BCUT2D eigenvalue weighted by Crippen LogP contribution is -2.43. The molecule has 3 atom stereocenters. The fraction of sp³-hybridized carbons (Fsp3) is 0.643. The van der Waals surface area contributed by atoms with Gasteiger partial charge in [-0.2, -0.15) is 0 Å². The Hall–Kier alpha value is -1.09. The van der Waals surface area contributed by atoms with Crippen LogP contribution in [0.1, 0.15) is 45.2 Å². The fourth-order valence-corrected chi connectivity index (χ4v) is 2.64. The van der Waals surface area contributed by atoms with E-state index < -0.39 is 0 Å². The zero-order chi connectivity index (χ0) is 12.4. The minimum Gasteiger partial charge on any atom is -0.353 e. The van der Waals surface area contributed by atoms with Crippen molar-refractivity contribution in [2.75, 3.05) is 11.4 Å². The van der Waals surface area contributed by atoms with Crippen molar-refractivity contribution in [3.63, 3.8) is 0 Å². The summed E-state index contributed by atoms with van der Waals surface area (Å²) in [7, 11) is 0. The van der Waals surface area contributed by atoms with Gasteiger partial charge in [0.2, 0.25) is 0 Å². The molecule has 0 bridgehead atoms. The molecule has 2 rings (SSSR count). The van der Waals surface area contributed by atoms with E-state index in [-0.39, 0.29) is 6.04 Å². The lowest BCUT2D eigenvalue weighted by atomic mass is 9.91. The van der Waals surface area contributed by atoms with Gasteiger partial charge in [-0.1, -0.05) is 13.0 Å². The molecule has 1 fully saturated rings. The molecule has 1 aromatic heterocycles. The summed E-state index contributed by atoms with van der Waals surface area (Å²) in [5.74, 6) is 1.81. The molecule has 3 heteroatoms. The normalized spacial score (nSPS) is 26.9. The molecule has 0 radical (unpaired) electrons. The summed E-state index contributed by atoms with van der Waals surface area (Å²) in [5, 5.41) is 0. The molecule has 1 aliphatic heterocycles. The highest BCUT2D eigenvalue weighted by Gasteiger charge is 2.27. The number of hydrogen-bond acceptors (Lipinski definition) is 3. The van der Waals surface area contributed by atoms with Gasteiger partial charge in [0.05, 0.1) is 0 Å². The average molecular weight is 233 g/mol. The van der Waals surface area contributed by atoms with Gasteiger partial charge in [-0.15, -0.1) is 0 Å². The summed E-state index contributed by atoms with van der Waals surface area (Å²) in [4.78, 5) is 6.98. The maximum absolute atomic E-state index is 6.03. The van der Waals surface area contributed by atoms with Crippen LogP contribution in [0.25, 0.3) is 0 Å². The molecule has 2 N–H and O–H groups in total. The number of aromatic nitrogens is 1. The summed E-state index contributed by atoms with van der Waals surface area (Å²) in [6.45, 7) is 7.75. The van der Waals surface area contributed by atoms with Crippen LogP contribution in [-0.2, 0) is 0 Å². The zero-order valence-corrected chi connectivity index (χ0v) is 11.1. The first-order valence-corrected chi connectivity index (χ1v) is 6.58. The Morgan fingerprint density at radius 3 is 2.94 bits per heavy atom. The third kappa shape index (κ3) is 2.44. The Bertz CT molecular complexity index is 375. The van der Waals surface area contributed by atoms with E-state index in [1.165, 1.54) is 12.8 Å². The minimum atomic E-state index is 0.0446. The molecule has 0 saturated carbocycles.